The number of carboxylic acid groups (broad SMARTS) is 1. The summed E-state index contributed by atoms with van der Waals surface area (Å²) >= 11 is 1.58. The van der Waals surface area contributed by atoms with E-state index in [0.29, 0.717) is 6.54 Å². The van der Waals surface area contributed by atoms with E-state index in [1.165, 1.54) is 6.92 Å². The molecule has 0 aliphatic carbocycles. The number of aryl methyl sites for hydroxylation is 1. The average Bonchev–Trinajstić information content (AvgIpc) is 2.71. The number of hydrogen-bond acceptors (Lipinski definition) is 4. The van der Waals surface area contributed by atoms with Gasteiger partial charge in [-0.3, -0.25) is 9.59 Å². The van der Waals surface area contributed by atoms with Crippen LogP contribution in [0, 0.1) is 12.8 Å². The molecule has 0 aliphatic heterocycles. The fourth-order valence-electron chi connectivity index (χ4n) is 1.21. The number of thiazole rings is 1. The summed E-state index contributed by atoms with van der Waals surface area (Å²) in [6, 6.07) is 0. The van der Waals surface area contributed by atoms with Gasteiger partial charge in [0, 0.05) is 23.5 Å². The summed E-state index contributed by atoms with van der Waals surface area (Å²) in [5.74, 6) is -2.49. The Morgan fingerprint density at radius 3 is 2.65 bits per heavy atom. The molecule has 94 valence electrons. The van der Waals surface area contributed by atoms with Crippen molar-refractivity contribution in [3.63, 3.8) is 0 Å². The topological polar surface area (TPSA) is 79.3 Å². The Morgan fingerprint density at radius 2 is 2.18 bits per heavy atom. The van der Waals surface area contributed by atoms with E-state index in [0.717, 1.165) is 9.88 Å². The molecule has 0 saturated heterocycles. The largest absolute Gasteiger partial charge is 0.481 e. The van der Waals surface area contributed by atoms with Crippen LogP contribution >= 0.6 is 11.3 Å². The Balaban J connectivity index is 2.46. The minimum atomic E-state index is -1.11. The highest BCUT2D eigenvalue weighted by Gasteiger charge is 2.21. The molecule has 0 spiro atoms. The fourth-order valence-corrected chi connectivity index (χ4v) is 2.03. The summed E-state index contributed by atoms with van der Waals surface area (Å²) in [5.41, 5.74) is 0. The van der Waals surface area contributed by atoms with Gasteiger partial charge in [-0.05, 0) is 13.8 Å². The number of carbonyl (C=O) groups excluding carboxylic acids is 1. The third-order valence-corrected chi connectivity index (χ3v) is 3.55. The minimum absolute atomic E-state index is 0.0960. The highest BCUT2D eigenvalue weighted by atomic mass is 32.1. The van der Waals surface area contributed by atoms with Gasteiger partial charge < -0.3 is 10.4 Å². The third kappa shape index (κ3) is 3.81. The lowest BCUT2D eigenvalue weighted by molar-refractivity contribution is -0.146. The van der Waals surface area contributed by atoms with E-state index in [4.69, 9.17) is 5.11 Å². The lowest BCUT2D eigenvalue weighted by Gasteiger charge is -2.11. The third-order valence-electron chi connectivity index (χ3n) is 2.41. The molecule has 1 rings (SSSR count). The van der Waals surface area contributed by atoms with Crippen molar-refractivity contribution in [1.82, 2.24) is 10.3 Å². The monoisotopic (exact) mass is 256 g/mol. The van der Waals surface area contributed by atoms with Crippen molar-refractivity contribution in [2.75, 3.05) is 6.54 Å². The molecular formula is C11H16N2O3S. The van der Waals surface area contributed by atoms with E-state index in [1.807, 2.05) is 13.8 Å². The molecule has 1 amide bonds. The number of aromatic nitrogens is 1. The first-order valence-corrected chi connectivity index (χ1v) is 6.16. The van der Waals surface area contributed by atoms with Gasteiger partial charge in [-0.25, -0.2) is 4.98 Å². The van der Waals surface area contributed by atoms with Crippen LogP contribution in [0.2, 0.25) is 0 Å². The van der Waals surface area contributed by atoms with Crippen molar-refractivity contribution < 1.29 is 14.7 Å². The second-order valence-electron chi connectivity index (χ2n) is 4.02. The van der Waals surface area contributed by atoms with Gasteiger partial charge in [-0.1, -0.05) is 6.92 Å². The van der Waals surface area contributed by atoms with Gasteiger partial charge >= 0.3 is 5.97 Å². The van der Waals surface area contributed by atoms with E-state index in [1.54, 1.807) is 17.5 Å². The fraction of sp³-hybridized carbons (Fsp3) is 0.545. The van der Waals surface area contributed by atoms with Crippen LogP contribution in [0.15, 0.2) is 6.20 Å². The number of hydrogen-bond donors (Lipinski definition) is 2. The molecule has 0 aliphatic rings. The normalized spacial score (nSPS) is 14.1. The zero-order chi connectivity index (χ0) is 13.0. The van der Waals surface area contributed by atoms with Gasteiger partial charge in [0.2, 0.25) is 5.91 Å². The molecular weight excluding hydrogens is 240 g/mol. The molecule has 17 heavy (non-hydrogen) atoms. The Kier molecular flexibility index (Phi) is 4.62. The van der Waals surface area contributed by atoms with Crippen molar-refractivity contribution in [2.45, 2.75) is 26.7 Å². The number of aliphatic carboxylic acids is 1. The van der Waals surface area contributed by atoms with Crippen LogP contribution in [0.5, 0.6) is 0 Å². The smallest absolute Gasteiger partial charge is 0.315 e. The van der Waals surface area contributed by atoms with Crippen LogP contribution in [0.3, 0.4) is 0 Å². The first-order chi connectivity index (χ1) is 7.91. The molecule has 2 unspecified atom stereocenters. The molecule has 0 fully saturated rings. The van der Waals surface area contributed by atoms with Crippen molar-refractivity contribution in [3.8, 4) is 0 Å². The van der Waals surface area contributed by atoms with Crippen molar-refractivity contribution in [2.24, 2.45) is 5.92 Å². The standard InChI is InChI=1S/C11H16N2O3S/c1-6(10-13-5-7(2)17-10)4-12-9(14)8(3)11(15)16/h5-6,8H,4H2,1-3H3,(H,12,14)(H,15,16). The second-order valence-corrected chi connectivity index (χ2v) is 5.28. The molecule has 1 aromatic heterocycles. The zero-order valence-electron chi connectivity index (χ0n) is 10.1. The quantitative estimate of drug-likeness (QED) is 0.780. The summed E-state index contributed by atoms with van der Waals surface area (Å²) in [6.07, 6.45) is 1.79. The number of nitrogens with zero attached hydrogens (tertiary/aromatic N) is 1. The van der Waals surface area contributed by atoms with Crippen LogP contribution in [0.25, 0.3) is 0 Å². The van der Waals surface area contributed by atoms with Gasteiger partial charge in [0.1, 0.15) is 5.92 Å². The first-order valence-electron chi connectivity index (χ1n) is 5.34. The van der Waals surface area contributed by atoms with E-state index >= 15 is 0 Å². The Labute approximate surface area is 104 Å². The Morgan fingerprint density at radius 1 is 1.53 bits per heavy atom. The maximum Gasteiger partial charge on any atom is 0.315 e. The van der Waals surface area contributed by atoms with Crippen LogP contribution in [-0.4, -0.2) is 28.5 Å². The van der Waals surface area contributed by atoms with Gasteiger partial charge in [0.05, 0.1) is 5.01 Å². The summed E-state index contributed by atoms with van der Waals surface area (Å²) < 4.78 is 0. The SMILES string of the molecule is Cc1cnc(C(C)CNC(=O)C(C)C(=O)O)s1. The number of carbonyl (C=O) groups is 2. The number of rotatable bonds is 5. The number of carboxylic acids is 1. The molecule has 5 nitrogen and oxygen atoms in total. The highest BCUT2D eigenvalue weighted by molar-refractivity contribution is 7.11. The second kappa shape index (κ2) is 5.77. The lowest BCUT2D eigenvalue weighted by atomic mass is 10.1. The zero-order valence-corrected chi connectivity index (χ0v) is 10.9. The van der Waals surface area contributed by atoms with Gasteiger partial charge in [0.25, 0.3) is 0 Å². The molecule has 0 saturated carbocycles. The van der Waals surface area contributed by atoms with Crippen LogP contribution in [0.1, 0.15) is 29.7 Å². The summed E-state index contributed by atoms with van der Waals surface area (Å²) in [4.78, 5) is 27.4. The van der Waals surface area contributed by atoms with Gasteiger partial charge in [-0.2, -0.15) is 0 Å². The Hall–Kier alpha value is -1.43. The molecule has 0 aromatic carbocycles. The van der Waals surface area contributed by atoms with E-state index in [2.05, 4.69) is 10.3 Å². The maximum atomic E-state index is 11.4. The maximum absolute atomic E-state index is 11.4. The van der Waals surface area contributed by atoms with Crippen molar-refractivity contribution >= 4 is 23.2 Å². The predicted molar refractivity (Wildman–Crippen MR) is 65.1 cm³/mol. The first kappa shape index (κ1) is 13.6. The van der Waals surface area contributed by atoms with Crippen molar-refractivity contribution in [3.05, 3.63) is 16.1 Å². The molecule has 2 N–H and O–H groups in total. The van der Waals surface area contributed by atoms with Crippen LogP contribution < -0.4 is 5.32 Å². The minimum Gasteiger partial charge on any atom is -0.481 e. The van der Waals surface area contributed by atoms with Crippen molar-refractivity contribution in [1.29, 1.82) is 0 Å². The van der Waals surface area contributed by atoms with Crippen LogP contribution in [-0.2, 0) is 9.59 Å². The summed E-state index contributed by atoms with van der Waals surface area (Å²) in [7, 11) is 0. The van der Waals surface area contributed by atoms with E-state index in [-0.39, 0.29) is 5.92 Å². The lowest BCUT2D eigenvalue weighted by Crippen LogP contribution is -2.35. The number of amides is 1. The Bertz CT molecular complexity index is 417. The number of nitrogens with one attached hydrogen (secondary N) is 1. The summed E-state index contributed by atoms with van der Waals surface area (Å²) in [6.45, 7) is 5.70. The van der Waals surface area contributed by atoms with Crippen LogP contribution in [0.4, 0.5) is 0 Å². The molecule has 2 atom stereocenters. The predicted octanol–water partition coefficient (Wildman–Crippen LogP) is 1.39. The summed E-state index contributed by atoms with van der Waals surface area (Å²) in [5, 5.41) is 12.2. The van der Waals surface area contributed by atoms with Gasteiger partial charge in [-0.15, -0.1) is 11.3 Å². The van der Waals surface area contributed by atoms with Gasteiger partial charge in [0.15, 0.2) is 0 Å². The van der Waals surface area contributed by atoms with E-state index in [9.17, 15) is 9.59 Å². The highest BCUT2D eigenvalue weighted by Crippen LogP contribution is 2.20. The van der Waals surface area contributed by atoms with E-state index < -0.39 is 17.8 Å². The molecule has 1 heterocycles. The average molecular weight is 256 g/mol. The molecule has 1 aromatic rings. The molecule has 0 bridgehead atoms. The molecule has 6 heteroatoms. The molecule has 0 radical (unpaired) electrons.